The minimum atomic E-state index is -3.41. The molecule has 1 aliphatic carbocycles. The number of halogens is 1. The molecular formula is C17H31FNO6P. The average Bonchev–Trinajstić information content (AvgIpc) is 2.52. The molecule has 1 aliphatic rings. The maximum absolute atomic E-state index is 13.8. The number of carbonyl (C=O) groups excluding carboxylic acids is 2. The van der Waals surface area contributed by atoms with Crippen LogP contribution in [0.1, 0.15) is 59.3 Å². The number of alkyl halides is 1. The molecule has 26 heavy (non-hydrogen) atoms. The number of hydrogen-bond acceptors (Lipinski definition) is 5. The Morgan fingerprint density at radius 3 is 2.42 bits per heavy atom. The second kappa shape index (κ2) is 10.3. The van der Waals surface area contributed by atoms with Gasteiger partial charge in [0.1, 0.15) is 0 Å². The van der Waals surface area contributed by atoms with E-state index in [4.69, 9.17) is 4.74 Å². The van der Waals surface area contributed by atoms with E-state index in [2.05, 4.69) is 4.74 Å². The number of alkyl carbamates (subject to hydrolysis) is 1. The lowest BCUT2D eigenvalue weighted by Gasteiger charge is -2.24. The fourth-order valence-electron chi connectivity index (χ4n) is 2.77. The molecule has 1 saturated carbocycles. The van der Waals surface area contributed by atoms with Crippen molar-refractivity contribution < 1.29 is 32.9 Å². The Kier molecular flexibility index (Phi) is 9.04. The second-order valence-electron chi connectivity index (χ2n) is 7.89. The van der Waals surface area contributed by atoms with Gasteiger partial charge in [-0.1, -0.05) is 19.3 Å². The Morgan fingerprint density at radius 1 is 1.23 bits per heavy atom. The van der Waals surface area contributed by atoms with Crippen molar-refractivity contribution in [3.8, 4) is 0 Å². The zero-order chi connectivity index (χ0) is 19.8. The van der Waals surface area contributed by atoms with Crippen LogP contribution < -0.4 is 5.32 Å². The van der Waals surface area contributed by atoms with Crippen molar-refractivity contribution in [2.45, 2.75) is 65.6 Å². The third kappa shape index (κ3) is 9.53. The molecule has 0 aliphatic heterocycles. The predicted molar refractivity (Wildman–Crippen MR) is 95.7 cm³/mol. The fourth-order valence-corrected chi connectivity index (χ4v) is 4.76. The lowest BCUT2D eigenvalue weighted by Crippen LogP contribution is -2.34. The molecule has 1 amide bonds. The first-order valence-corrected chi connectivity index (χ1v) is 11.1. The summed E-state index contributed by atoms with van der Waals surface area (Å²) in [6, 6.07) is 0. The summed E-state index contributed by atoms with van der Waals surface area (Å²) in [5, 5.41) is 1.92. The molecule has 9 heteroatoms. The number of hydrogen-bond donors (Lipinski definition) is 2. The van der Waals surface area contributed by atoms with Gasteiger partial charge in [-0.15, -0.1) is 0 Å². The van der Waals surface area contributed by atoms with Crippen LogP contribution in [0, 0.1) is 11.3 Å². The quantitative estimate of drug-likeness (QED) is 0.281. The largest absolute Gasteiger partial charge is 0.427 e. The Morgan fingerprint density at radius 2 is 1.85 bits per heavy atom. The maximum atomic E-state index is 13.8. The Bertz CT molecular complexity index is 516. The van der Waals surface area contributed by atoms with Crippen LogP contribution in [-0.4, -0.2) is 42.4 Å². The topological polar surface area (TPSA) is 102 Å². The van der Waals surface area contributed by atoms with Crippen LogP contribution in [0.3, 0.4) is 0 Å². The molecule has 1 rings (SSSR count). The van der Waals surface area contributed by atoms with Crippen molar-refractivity contribution in [1.29, 1.82) is 0 Å². The van der Waals surface area contributed by atoms with Crippen molar-refractivity contribution in [3.63, 3.8) is 0 Å². The van der Waals surface area contributed by atoms with Gasteiger partial charge in [0.05, 0.1) is 5.41 Å². The van der Waals surface area contributed by atoms with Crippen LogP contribution in [0.4, 0.5) is 9.18 Å². The van der Waals surface area contributed by atoms with Gasteiger partial charge in [0.25, 0.3) is 0 Å². The maximum Gasteiger partial charge on any atom is 0.412 e. The highest BCUT2D eigenvalue weighted by molar-refractivity contribution is 7.58. The smallest absolute Gasteiger partial charge is 0.412 e. The summed E-state index contributed by atoms with van der Waals surface area (Å²) in [4.78, 5) is 32.9. The van der Waals surface area contributed by atoms with E-state index in [1.54, 1.807) is 20.8 Å². The number of esters is 1. The summed E-state index contributed by atoms with van der Waals surface area (Å²) in [7, 11) is -3.41. The van der Waals surface area contributed by atoms with Crippen LogP contribution >= 0.6 is 7.37 Å². The van der Waals surface area contributed by atoms with E-state index >= 15 is 0 Å². The number of rotatable bonds is 8. The number of nitrogens with one attached hydrogen (secondary N) is 1. The third-order valence-corrected chi connectivity index (χ3v) is 6.31. The molecule has 0 heterocycles. The highest BCUT2D eigenvalue weighted by Crippen LogP contribution is 2.46. The Balaban J connectivity index is 2.23. The van der Waals surface area contributed by atoms with E-state index in [0.717, 1.165) is 32.1 Å². The minimum Gasteiger partial charge on any atom is -0.427 e. The molecule has 0 spiro atoms. The highest BCUT2D eigenvalue weighted by atomic mass is 31.2. The van der Waals surface area contributed by atoms with Gasteiger partial charge in [0.15, 0.2) is 6.30 Å². The lowest BCUT2D eigenvalue weighted by atomic mass is 9.91. The summed E-state index contributed by atoms with van der Waals surface area (Å²) in [5.74, 6) is -0.320. The van der Waals surface area contributed by atoms with E-state index in [1.165, 1.54) is 0 Å². The Hall–Kier alpha value is -1.14. The van der Waals surface area contributed by atoms with E-state index in [0.29, 0.717) is 0 Å². The fraction of sp³-hybridized carbons (Fsp3) is 0.882. The van der Waals surface area contributed by atoms with Gasteiger partial charge in [-0.2, -0.15) is 0 Å². The normalized spacial score (nSPS) is 19.3. The first-order chi connectivity index (χ1) is 12.0. The van der Waals surface area contributed by atoms with Crippen molar-refractivity contribution in [3.05, 3.63) is 0 Å². The molecule has 0 aromatic rings. The molecule has 7 nitrogen and oxygen atoms in total. The lowest BCUT2D eigenvalue weighted by molar-refractivity contribution is -0.161. The second-order valence-corrected chi connectivity index (χ2v) is 10.4. The molecule has 152 valence electrons. The van der Waals surface area contributed by atoms with Crippen LogP contribution in [-0.2, 0) is 18.8 Å². The summed E-state index contributed by atoms with van der Waals surface area (Å²) in [5.41, 5.74) is -0.733. The number of ether oxygens (including phenoxy) is 2. The molecule has 2 N–H and O–H groups in total. The van der Waals surface area contributed by atoms with E-state index < -0.39 is 37.9 Å². The monoisotopic (exact) mass is 395 g/mol. The summed E-state index contributed by atoms with van der Waals surface area (Å²) in [6.07, 6.45) is 2.08. The van der Waals surface area contributed by atoms with Crippen molar-refractivity contribution in [2.24, 2.45) is 11.3 Å². The standard InChI is InChI=1S/C17H31FNO6P/c1-17(2,3)15(20)24-12-25-16(21)19-14(18)9-10-26(22,23)11-13-7-5-4-6-8-13/h13-14H,4-12H2,1-3H3,(H,19,21)(H,22,23). The molecule has 2 atom stereocenters. The number of amides is 1. The molecule has 1 fully saturated rings. The molecule has 0 aromatic carbocycles. The van der Waals surface area contributed by atoms with Gasteiger partial charge >= 0.3 is 12.1 Å². The van der Waals surface area contributed by atoms with Gasteiger partial charge < -0.3 is 14.4 Å². The van der Waals surface area contributed by atoms with Crippen LogP contribution in [0.5, 0.6) is 0 Å². The highest BCUT2D eigenvalue weighted by Gasteiger charge is 2.27. The summed E-state index contributed by atoms with van der Waals surface area (Å²) in [6.45, 7) is 4.32. The molecule has 0 bridgehead atoms. The van der Waals surface area contributed by atoms with Gasteiger partial charge in [-0.25, -0.2) is 9.18 Å². The minimum absolute atomic E-state index is 0.191. The van der Waals surface area contributed by atoms with E-state index in [1.807, 2.05) is 5.32 Å². The van der Waals surface area contributed by atoms with Crippen LogP contribution in [0.2, 0.25) is 0 Å². The van der Waals surface area contributed by atoms with E-state index in [-0.39, 0.29) is 24.7 Å². The summed E-state index contributed by atoms with van der Waals surface area (Å²) >= 11 is 0. The zero-order valence-corrected chi connectivity index (χ0v) is 16.7. The number of carbonyl (C=O) groups is 2. The van der Waals surface area contributed by atoms with Crippen LogP contribution in [0.25, 0.3) is 0 Å². The predicted octanol–water partition coefficient (Wildman–Crippen LogP) is 3.80. The molecule has 2 unspecified atom stereocenters. The summed E-state index contributed by atoms with van der Waals surface area (Å²) < 4.78 is 35.3. The van der Waals surface area contributed by atoms with Crippen molar-refractivity contribution >= 4 is 19.4 Å². The van der Waals surface area contributed by atoms with Crippen LogP contribution in [0.15, 0.2) is 0 Å². The van der Waals surface area contributed by atoms with Gasteiger partial charge in [0, 0.05) is 18.7 Å². The van der Waals surface area contributed by atoms with Crippen molar-refractivity contribution in [2.75, 3.05) is 19.1 Å². The SMILES string of the molecule is CC(C)(C)C(=O)OCOC(=O)NC(F)CCP(=O)(O)CC1CCCCC1. The van der Waals surface area contributed by atoms with Gasteiger partial charge in [-0.3, -0.25) is 14.7 Å². The van der Waals surface area contributed by atoms with Gasteiger partial charge in [0.2, 0.25) is 14.2 Å². The Labute approximate surface area is 154 Å². The first-order valence-electron chi connectivity index (χ1n) is 9.05. The molecule has 0 aromatic heterocycles. The van der Waals surface area contributed by atoms with Gasteiger partial charge in [-0.05, 0) is 39.5 Å². The zero-order valence-electron chi connectivity index (χ0n) is 15.8. The first kappa shape index (κ1) is 22.9. The molecule has 0 saturated heterocycles. The molecule has 0 radical (unpaired) electrons. The average molecular weight is 395 g/mol. The van der Waals surface area contributed by atoms with E-state index in [9.17, 15) is 23.4 Å². The third-order valence-electron chi connectivity index (χ3n) is 4.27. The van der Waals surface area contributed by atoms with Crippen molar-refractivity contribution in [1.82, 2.24) is 5.32 Å². The molecular weight excluding hydrogens is 364 g/mol.